The molecule has 0 aliphatic carbocycles. The topological polar surface area (TPSA) is 59.3 Å². The van der Waals surface area contributed by atoms with Gasteiger partial charge in [0.25, 0.3) is 0 Å². The third-order valence-corrected chi connectivity index (χ3v) is 1.81. The Morgan fingerprint density at radius 2 is 2.45 bits per heavy atom. The van der Waals surface area contributed by atoms with Crippen LogP contribution in [0.2, 0.25) is 0 Å². The van der Waals surface area contributed by atoms with Crippen LogP contribution in [-0.2, 0) is 14.3 Å². The molecule has 0 bridgehead atoms. The average molecular weight is 155 g/mol. The zero-order chi connectivity index (χ0) is 8.32. The molecule has 0 spiro atoms. The summed E-state index contributed by atoms with van der Waals surface area (Å²) in [5, 5.41) is 8.25. The van der Waals surface area contributed by atoms with Crippen molar-refractivity contribution in [2.24, 2.45) is 0 Å². The fourth-order valence-corrected chi connectivity index (χ4v) is 0.913. The van der Waals surface area contributed by atoms with Crippen LogP contribution in [0.5, 0.6) is 0 Å². The lowest BCUT2D eigenvalue weighted by atomic mass is 9.94. The summed E-state index contributed by atoms with van der Waals surface area (Å²) in [4.78, 5) is 11.2. The molecule has 0 aromatic heterocycles. The highest BCUT2D eigenvalue weighted by Crippen LogP contribution is 2.23. The van der Waals surface area contributed by atoms with E-state index in [0.29, 0.717) is 0 Å². The Bertz CT molecular complexity index is 197. The van der Waals surface area contributed by atoms with Crippen molar-refractivity contribution in [3.05, 3.63) is 0 Å². The number of nitriles is 1. The van der Waals surface area contributed by atoms with Gasteiger partial charge in [-0.25, -0.2) is 0 Å². The molecule has 0 radical (unpaired) electrons. The highest BCUT2D eigenvalue weighted by molar-refractivity contribution is 5.90. The summed E-state index contributed by atoms with van der Waals surface area (Å²) >= 11 is 0. The van der Waals surface area contributed by atoms with Crippen LogP contribution >= 0.6 is 0 Å². The van der Waals surface area contributed by atoms with E-state index in [9.17, 15) is 4.79 Å². The van der Waals surface area contributed by atoms with Crippen LogP contribution in [0.1, 0.15) is 6.42 Å². The van der Waals surface area contributed by atoms with Crippen molar-refractivity contribution < 1.29 is 14.3 Å². The SMILES string of the molecule is COC1(C(=O)CC#N)COC1. The summed E-state index contributed by atoms with van der Waals surface area (Å²) in [6.07, 6.45) is -0.100. The minimum absolute atomic E-state index is 0.100. The molecule has 4 nitrogen and oxygen atoms in total. The van der Waals surface area contributed by atoms with Crippen molar-refractivity contribution in [2.75, 3.05) is 20.3 Å². The van der Waals surface area contributed by atoms with Gasteiger partial charge in [-0.3, -0.25) is 4.79 Å². The standard InChI is InChI=1S/C7H9NO3/c1-10-7(4-11-5-7)6(9)2-3-8/h2,4-5H2,1H3. The van der Waals surface area contributed by atoms with Gasteiger partial charge in [-0.15, -0.1) is 0 Å². The van der Waals surface area contributed by atoms with Gasteiger partial charge in [0.1, 0.15) is 0 Å². The number of nitrogens with zero attached hydrogens (tertiary/aromatic N) is 1. The molecule has 1 heterocycles. The van der Waals surface area contributed by atoms with E-state index in [1.165, 1.54) is 7.11 Å². The number of ketones is 1. The lowest BCUT2D eigenvalue weighted by molar-refractivity contribution is -0.198. The minimum atomic E-state index is -0.810. The van der Waals surface area contributed by atoms with Crippen molar-refractivity contribution >= 4 is 5.78 Å². The number of ether oxygens (including phenoxy) is 2. The summed E-state index contributed by atoms with van der Waals surface area (Å²) in [5.41, 5.74) is -0.810. The van der Waals surface area contributed by atoms with E-state index in [0.717, 1.165) is 0 Å². The van der Waals surface area contributed by atoms with Crippen LogP contribution in [0.3, 0.4) is 0 Å². The Morgan fingerprint density at radius 1 is 1.82 bits per heavy atom. The Kier molecular flexibility index (Phi) is 2.22. The lowest BCUT2D eigenvalue weighted by Gasteiger charge is -2.37. The number of Topliss-reactive ketones (excluding diaryl/α,β-unsaturated/α-hetero) is 1. The predicted octanol–water partition coefficient (Wildman–Crippen LogP) is -0.115. The summed E-state index contributed by atoms with van der Waals surface area (Å²) in [6.45, 7) is 0.564. The van der Waals surface area contributed by atoms with E-state index in [1.807, 2.05) is 0 Å². The van der Waals surface area contributed by atoms with E-state index < -0.39 is 5.60 Å². The fourth-order valence-electron chi connectivity index (χ4n) is 0.913. The second-order valence-corrected chi connectivity index (χ2v) is 2.45. The molecule has 0 unspecified atom stereocenters. The highest BCUT2D eigenvalue weighted by Gasteiger charge is 2.45. The van der Waals surface area contributed by atoms with Gasteiger partial charge >= 0.3 is 0 Å². The van der Waals surface area contributed by atoms with Crippen molar-refractivity contribution in [2.45, 2.75) is 12.0 Å². The molecule has 0 amide bonds. The first-order valence-electron chi connectivity index (χ1n) is 3.28. The molecule has 1 rings (SSSR count). The summed E-state index contributed by atoms with van der Waals surface area (Å²) < 4.78 is 9.80. The minimum Gasteiger partial charge on any atom is -0.374 e. The van der Waals surface area contributed by atoms with Crippen LogP contribution in [-0.4, -0.2) is 31.7 Å². The predicted molar refractivity (Wildman–Crippen MR) is 35.8 cm³/mol. The first-order valence-corrected chi connectivity index (χ1v) is 3.28. The molecular weight excluding hydrogens is 146 g/mol. The molecule has 0 aromatic rings. The third kappa shape index (κ3) is 1.25. The monoisotopic (exact) mass is 155 g/mol. The smallest absolute Gasteiger partial charge is 0.183 e. The zero-order valence-corrected chi connectivity index (χ0v) is 6.29. The fraction of sp³-hybridized carbons (Fsp3) is 0.714. The Hall–Kier alpha value is -0.920. The molecule has 0 aromatic carbocycles. The number of hydrogen-bond acceptors (Lipinski definition) is 4. The largest absolute Gasteiger partial charge is 0.374 e. The normalized spacial score (nSPS) is 20.0. The van der Waals surface area contributed by atoms with Crippen LogP contribution in [0.15, 0.2) is 0 Å². The maximum atomic E-state index is 11.2. The van der Waals surface area contributed by atoms with Crippen LogP contribution in [0.4, 0.5) is 0 Å². The van der Waals surface area contributed by atoms with Gasteiger partial charge in [0.2, 0.25) is 0 Å². The quantitative estimate of drug-likeness (QED) is 0.570. The van der Waals surface area contributed by atoms with Gasteiger partial charge < -0.3 is 9.47 Å². The Morgan fingerprint density at radius 3 is 2.73 bits per heavy atom. The lowest BCUT2D eigenvalue weighted by Crippen LogP contribution is -2.57. The molecule has 1 aliphatic heterocycles. The van der Waals surface area contributed by atoms with Crippen LogP contribution < -0.4 is 0 Å². The summed E-state index contributed by atoms with van der Waals surface area (Å²) in [7, 11) is 1.46. The van der Waals surface area contributed by atoms with E-state index in [2.05, 4.69) is 0 Å². The number of hydrogen-bond donors (Lipinski definition) is 0. The Labute approximate surface area is 64.7 Å². The van der Waals surface area contributed by atoms with E-state index in [-0.39, 0.29) is 25.4 Å². The molecule has 1 saturated heterocycles. The van der Waals surface area contributed by atoms with E-state index in [1.54, 1.807) is 6.07 Å². The van der Waals surface area contributed by atoms with Gasteiger partial charge in [-0.2, -0.15) is 5.26 Å². The van der Waals surface area contributed by atoms with Crippen molar-refractivity contribution in [3.63, 3.8) is 0 Å². The number of carbonyl (C=O) groups excluding carboxylic acids is 1. The van der Waals surface area contributed by atoms with Crippen molar-refractivity contribution in [1.82, 2.24) is 0 Å². The Balaban J connectivity index is 2.56. The molecule has 0 N–H and O–H groups in total. The second-order valence-electron chi connectivity index (χ2n) is 2.45. The van der Waals surface area contributed by atoms with Crippen LogP contribution in [0.25, 0.3) is 0 Å². The second kappa shape index (κ2) is 2.99. The van der Waals surface area contributed by atoms with Gasteiger partial charge in [-0.1, -0.05) is 0 Å². The van der Waals surface area contributed by atoms with Gasteiger partial charge in [0.05, 0.1) is 25.7 Å². The first-order chi connectivity index (χ1) is 5.25. The van der Waals surface area contributed by atoms with E-state index in [4.69, 9.17) is 14.7 Å². The first kappa shape index (κ1) is 8.18. The average Bonchev–Trinajstić information content (AvgIpc) is 1.87. The summed E-state index contributed by atoms with van der Waals surface area (Å²) in [6, 6.07) is 1.79. The zero-order valence-electron chi connectivity index (χ0n) is 6.29. The number of rotatable bonds is 3. The van der Waals surface area contributed by atoms with Crippen LogP contribution in [0, 0.1) is 11.3 Å². The summed E-state index contributed by atoms with van der Waals surface area (Å²) in [5.74, 6) is -0.186. The molecule has 1 fully saturated rings. The highest BCUT2D eigenvalue weighted by atomic mass is 16.6. The molecule has 60 valence electrons. The molecular formula is C7H9NO3. The molecule has 0 saturated carbocycles. The van der Waals surface area contributed by atoms with Crippen molar-refractivity contribution in [3.8, 4) is 6.07 Å². The molecule has 4 heteroatoms. The number of methoxy groups -OCH3 is 1. The number of carbonyl (C=O) groups is 1. The van der Waals surface area contributed by atoms with E-state index >= 15 is 0 Å². The van der Waals surface area contributed by atoms with Gasteiger partial charge in [-0.05, 0) is 0 Å². The maximum absolute atomic E-state index is 11.2. The van der Waals surface area contributed by atoms with Gasteiger partial charge in [0.15, 0.2) is 11.4 Å². The molecule has 0 atom stereocenters. The van der Waals surface area contributed by atoms with Gasteiger partial charge in [0, 0.05) is 7.11 Å². The molecule has 11 heavy (non-hydrogen) atoms. The molecule has 1 aliphatic rings. The third-order valence-electron chi connectivity index (χ3n) is 1.81. The van der Waals surface area contributed by atoms with Crippen molar-refractivity contribution in [1.29, 1.82) is 5.26 Å². The maximum Gasteiger partial charge on any atom is 0.183 e.